The number of carbonyl (C=O) groups excluding carboxylic acids is 1. The Morgan fingerprint density at radius 3 is 2.93 bits per heavy atom. The molecule has 0 fully saturated rings. The molecular weight excluding hydrogens is 206 g/mol. The fourth-order valence-electron chi connectivity index (χ4n) is 1.00. The SMILES string of the molecule is CCOC(=O)CC(N)c1ccco1.Cl. The summed E-state index contributed by atoms with van der Waals surface area (Å²) in [6, 6.07) is 3.07. The van der Waals surface area contributed by atoms with Crippen molar-refractivity contribution in [2.75, 3.05) is 6.61 Å². The first kappa shape index (κ1) is 13.0. The molecule has 14 heavy (non-hydrogen) atoms. The zero-order valence-electron chi connectivity index (χ0n) is 7.93. The van der Waals surface area contributed by atoms with Crippen molar-refractivity contribution in [1.29, 1.82) is 0 Å². The van der Waals surface area contributed by atoms with Crippen molar-refractivity contribution in [3.05, 3.63) is 24.2 Å². The smallest absolute Gasteiger partial charge is 0.307 e. The van der Waals surface area contributed by atoms with Crippen molar-refractivity contribution >= 4 is 18.4 Å². The van der Waals surface area contributed by atoms with Crippen LogP contribution in [0.2, 0.25) is 0 Å². The second-order valence-electron chi connectivity index (χ2n) is 2.63. The molecular formula is C9H14ClNO3. The van der Waals surface area contributed by atoms with Crippen molar-refractivity contribution < 1.29 is 13.9 Å². The van der Waals surface area contributed by atoms with E-state index in [1.807, 2.05) is 0 Å². The van der Waals surface area contributed by atoms with E-state index in [0.29, 0.717) is 12.4 Å². The van der Waals surface area contributed by atoms with E-state index in [1.165, 1.54) is 6.26 Å². The number of carbonyl (C=O) groups is 1. The fourth-order valence-corrected chi connectivity index (χ4v) is 1.00. The van der Waals surface area contributed by atoms with Gasteiger partial charge in [0.05, 0.1) is 25.3 Å². The highest BCUT2D eigenvalue weighted by atomic mass is 35.5. The average molecular weight is 220 g/mol. The third kappa shape index (κ3) is 3.81. The summed E-state index contributed by atoms with van der Waals surface area (Å²) in [7, 11) is 0. The van der Waals surface area contributed by atoms with E-state index in [4.69, 9.17) is 14.9 Å². The fraction of sp³-hybridized carbons (Fsp3) is 0.444. The highest BCUT2D eigenvalue weighted by Gasteiger charge is 2.14. The number of halogens is 1. The quantitative estimate of drug-likeness (QED) is 0.783. The molecule has 0 radical (unpaired) electrons. The Bertz CT molecular complexity index is 261. The zero-order chi connectivity index (χ0) is 9.68. The number of furan rings is 1. The van der Waals surface area contributed by atoms with E-state index < -0.39 is 6.04 Å². The van der Waals surface area contributed by atoms with Crippen molar-refractivity contribution in [3.63, 3.8) is 0 Å². The molecule has 0 saturated heterocycles. The Balaban J connectivity index is 0.00000169. The van der Waals surface area contributed by atoms with Gasteiger partial charge in [0.25, 0.3) is 0 Å². The van der Waals surface area contributed by atoms with Crippen LogP contribution in [0.5, 0.6) is 0 Å². The molecule has 1 rings (SSSR count). The van der Waals surface area contributed by atoms with Gasteiger partial charge in [-0.25, -0.2) is 0 Å². The molecule has 0 bridgehead atoms. The predicted octanol–water partition coefficient (Wildman–Crippen LogP) is 1.65. The summed E-state index contributed by atoms with van der Waals surface area (Å²) in [5.74, 6) is 0.305. The van der Waals surface area contributed by atoms with Crippen LogP contribution in [0.4, 0.5) is 0 Å². The molecule has 0 aliphatic carbocycles. The van der Waals surface area contributed by atoms with E-state index in [-0.39, 0.29) is 24.8 Å². The molecule has 0 saturated carbocycles. The first-order valence-electron chi connectivity index (χ1n) is 4.18. The number of hydrogen-bond donors (Lipinski definition) is 1. The van der Waals surface area contributed by atoms with Crippen LogP contribution in [0.25, 0.3) is 0 Å². The second-order valence-corrected chi connectivity index (χ2v) is 2.63. The summed E-state index contributed by atoms with van der Waals surface area (Å²) >= 11 is 0. The van der Waals surface area contributed by atoms with Gasteiger partial charge in [0.1, 0.15) is 5.76 Å². The number of nitrogens with two attached hydrogens (primary N) is 1. The predicted molar refractivity (Wildman–Crippen MR) is 54.1 cm³/mol. The minimum atomic E-state index is -0.408. The summed E-state index contributed by atoms with van der Waals surface area (Å²) < 4.78 is 9.79. The van der Waals surface area contributed by atoms with Gasteiger partial charge in [-0.3, -0.25) is 4.79 Å². The third-order valence-electron chi connectivity index (χ3n) is 1.60. The first-order chi connectivity index (χ1) is 6.24. The van der Waals surface area contributed by atoms with Gasteiger partial charge in [0, 0.05) is 0 Å². The highest BCUT2D eigenvalue weighted by Crippen LogP contribution is 2.14. The number of ether oxygens (including phenoxy) is 1. The molecule has 0 aromatic carbocycles. The van der Waals surface area contributed by atoms with Crippen molar-refractivity contribution in [1.82, 2.24) is 0 Å². The zero-order valence-corrected chi connectivity index (χ0v) is 8.75. The monoisotopic (exact) mass is 219 g/mol. The second kappa shape index (κ2) is 6.45. The maximum Gasteiger partial charge on any atom is 0.307 e. The van der Waals surface area contributed by atoms with E-state index in [9.17, 15) is 4.79 Å². The number of hydrogen-bond acceptors (Lipinski definition) is 4. The Hall–Kier alpha value is -1.00. The maximum absolute atomic E-state index is 11.0. The summed E-state index contributed by atoms with van der Waals surface area (Å²) in [6.45, 7) is 2.14. The van der Waals surface area contributed by atoms with Crippen LogP contribution in [0.3, 0.4) is 0 Å². The lowest BCUT2D eigenvalue weighted by Crippen LogP contribution is -2.16. The van der Waals surface area contributed by atoms with Gasteiger partial charge in [-0.15, -0.1) is 12.4 Å². The topological polar surface area (TPSA) is 65.5 Å². The summed E-state index contributed by atoms with van der Waals surface area (Å²) in [6.07, 6.45) is 1.68. The average Bonchev–Trinajstić information content (AvgIpc) is 2.55. The number of esters is 1. The van der Waals surface area contributed by atoms with E-state index in [1.54, 1.807) is 19.1 Å². The Kier molecular flexibility index (Phi) is 5.99. The molecule has 1 aromatic rings. The minimum absolute atomic E-state index is 0. The Labute approximate surface area is 88.8 Å². The molecule has 2 N–H and O–H groups in total. The van der Waals surface area contributed by atoms with E-state index in [2.05, 4.69) is 0 Å². The standard InChI is InChI=1S/C9H13NO3.ClH/c1-2-12-9(11)6-7(10)8-4-3-5-13-8;/h3-5,7H,2,6,10H2,1H3;1H. The van der Waals surface area contributed by atoms with Crippen LogP contribution in [-0.4, -0.2) is 12.6 Å². The van der Waals surface area contributed by atoms with Crippen LogP contribution >= 0.6 is 12.4 Å². The molecule has 0 aliphatic rings. The normalized spacial score (nSPS) is 11.6. The molecule has 1 atom stereocenters. The van der Waals surface area contributed by atoms with E-state index >= 15 is 0 Å². The molecule has 0 aliphatic heterocycles. The molecule has 0 amide bonds. The molecule has 1 aromatic heterocycles. The molecule has 1 heterocycles. The number of rotatable bonds is 4. The van der Waals surface area contributed by atoms with Crippen LogP contribution in [0.1, 0.15) is 25.1 Å². The largest absolute Gasteiger partial charge is 0.468 e. The van der Waals surface area contributed by atoms with Gasteiger partial charge in [-0.2, -0.15) is 0 Å². The first-order valence-corrected chi connectivity index (χ1v) is 4.18. The molecule has 5 heteroatoms. The molecule has 80 valence electrons. The van der Waals surface area contributed by atoms with Crippen LogP contribution in [-0.2, 0) is 9.53 Å². The van der Waals surface area contributed by atoms with Crippen molar-refractivity contribution in [2.45, 2.75) is 19.4 Å². The van der Waals surface area contributed by atoms with Crippen LogP contribution in [0, 0.1) is 0 Å². The molecule has 0 spiro atoms. The third-order valence-corrected chi connectivity index (χ3v) is 1.60. The van der Waals surface area contributed by atoms with E-state index in [0.717, 1.165) is 0 Å². The van der Waals surface area contributed by atoms with Crippen LogP contribution < -0.4 is 5.73 Å². The summed E-state index contributed by atoms with van der Waals surface area (Å²) in [5.41, 5.74) is 5.68. The van der Waals surface area contributed by atoms with Gasteiger partial charge in [-0.1, -0.05) is 0 Å². The lowest BCUT2D eigenvalue weighted by molar-refractivity contribution is -0.143. The van der Waals surface area contributed by atoms with Gasteiger partial charge in [0.15, 0.2) is 0 Å². The Morgan fingerprint density at radius 1 is 1.71 bits per heavy atom. The lowest BCUT2D eigenvalue weighted by atomic mass is 10.2. The van der Waals surface area contributed by atoms with Gasteiger partial charge in [-0.05, 0) is 19.1 Å². The highest BCUT2D eigenvalue weighted by molar-refractivity contribution is 5.85. The minimum Gasteiger partial charge on any atom is -0.468 e. The van der Waals surface area contributed by atoms with Gasteiger partial charge >= 0.3 is 5.97 Å². The maximum atomic E-state index is 11.0. The van der Waals surface area contributed by atoms with Crippen molar-refractivity contribution in [3.8, 4) is 0 Å². The molecule has 1 unspecified atom stereocenters. The van der Waals surface area contributed by atoms with Gasteiger partial charge < -0.3 is 14.9 Å². The van der Waals surface area contributed by atoms with Crippen LogP contribution in [0.15, 0.2) is 22.8 Å². The summed E-state index contributed by atoms with van der Waals surface area (Å²) in [4.78, 5) is 11.0. The van der Waals surface area contributed by atoms with Gasteiger partial charge in [0.2, 0.25) is 0 Å². The summed E-state index contributed by atoms with van der Waals surface area (Å²) in [5, 5.41) is 0. The Morgan fingerprint density at radius 2 is 2.43 bits per heavy atom. The molecule has 4 nitrogen and oxygen atoms in total. The van der Waals surface area contributed by atoms with Crippen molar-refractivity contribution in [2.24, 2.45) is 5.73 Å². The lowest BCUT2D eigenvalue weighted by Gasteiger charge is -2.07.